The van der Waals surface area contributed by atoms with Crippen LogP contribution in [0, 0.1) is 6.92 Å². The van der Waals surface area contributed by atoms with Crippen LogP contribution in [0.5, 0.6) is 0 Å². The molecule has 1 N–H and O–H groups in total. The van der Waals surface area contributed by atoms with Gasteiger partial charge in [0, 0.05) is 19.2 Å². The lowest BCUT2D eigenvalue weighted by Gasteiger charge is -1.97. The average molecular weight is 187 g/mol. The number of aryl methyl sites for hydroxylation is 1. The number of thioether (sulfide) groups is 1. The van der Waals surface area contributed by atoms with E-state index >= 15 is 0 Å². The van der Waals surface area contributed by atoms with Crippen molar-refractivity contribution in [2.45, 2.75) is 13.5 Å². The van der Waals surface area contributed by atoms with E-state index in [4.69, 9.17) is 4.42 Å². The second-order valence-electron chi connectivity index (χ2n) is 2.38. The van der Waals surface area contributed by atoms with Crippen molar-refractivity contribution in [1.82, 2.24) is 15.5 Å². The van der Waals surface area contributed by atoms with Crippen LogP contribution in [0.4, 0.5) is 0 Å². The van der Waals surface area contributed by atoms with Crippen molar-refractivity contribution in [3.63, 3.8) is 0 Å². The first-order valence-corrected chi connectivity index (χ1v) is 5.21. The monoisotopic (exact) mass is 187 g/mol. The highest BCUT2D eigenvalue weighted by molar-refractivity contribution is 7.98. The van der Waals surface area contributed by atoms with Crippen molar-refractivity contribution in [3.8, 4) is 0 Å². The van der Waals surface area contributed by atoms with E-state index in [0.29, 0.717) is 18.3 Å². The first kappa shape index (κ1) is 9.54. The molecule has 0 unspecified atom stereocenters. The molecule has 1 heterocycles. The lowest BCUT2D eigenvalue weighted by molar-refractivity contribution is 0.450. The molecule has 1 aromatic rings. The Labute approximate surface area is 76.1 Å². The van der Waals surface area contributed by atoms with Crippen LogP contribution < -0.4 is 5.32 Å². The lowest BCUT2D eigenvalue weighted by Crippen LogP contribution is -2.16. The van der Waals surface area contributed by atoms with Gasteiger partial charge in [-0.2, -0.15) is 11.8 Å². The molecule has 5 heteroatoms. The third-order valence-corrected chi connectivity index (χ3v) is 1.94. The van der Waals surface area contributed by atoms with E-state index in [2.05, 4.69) is 21.8 Å². The fourth-order valence-corrected chi connectivity index (χ4v) is 1.13. The van der Waals surface area contributed by atoms with Crippen molar-refractivity contribution in [2.24, 2.45) is 0 Å². The summed E-state index contributed by atoms with van der Waals surface area (Å²) in [6.45, 7) is 3.43. The Kier molecular flexibility index (Phi) is 4.10. The highest BCUT2D eigenvalue weighted by Gasteiger charge is 1.99. The van der Waals surface area contributed by atoms with Gasteiger partial charge in [0.15, 0.2) is 0 Å². The second kappa shape index (κ2) is 5.16. The van der Waals surface area contributed by atoms with Crippen LogP contribution in [0.15, 0.2) is 4.42 Å². The first-order valence-electron chi connectivity index (χ1n) is 3.81. The predicted octanol–water partition coefficient (Wildman–Crippen LogP) is 0.831. The third kappa shape index (κ3) is 3.23. The Hall–Kier alpha value is -0.550. The van der Waals surface area contributed by atoms with E-state index < -0.39 is 0 Å². The summed E-state index contributed by atoms with van der Waals surface area (Å²) < 4.78 is 5.17. The van der Waals surface area contributed by atoms with Gasteiger partial charge in [-0.25, -0.2) is 0 Å². The van der Waals surface area contributed by atoms with Gasteiger partial charge in [0.1, 0.15) is 0 Å². The minimum atomic E-state index is 0.622. The summed E-state index contributed by atoms with van der Waals surface area (Å²) in [7, 11) is 0. The van der Waals surface area contributed by atoms with Crippen molar-refractivity contribution >= 4 is 11.8 Å². The molecule has 4 nitrogen and oxygen atoms in total. The van der Waals surface area contributed by atoms with Crippen LogP contribution in [0.3, 0.4) is 0 Å². The Bertz CT molecular complexity index is 226. The summed E-state index contributed by atoms with van der Waals surface area (Å²) in [6, 6.07) is 0. The van der Waals surface area contributed by atoms with E-state index in [1.807, 2.05) is 11.8 Å². The zero-order valence-corrected chi connectivity index (χ0v) is 8.15. The summed E-state index contributed by atoms with van der Waals surface area (Å²) in [5.74, 6) is 2.39. The minimum Gasteiger partial charge on any atom is -0.424 e. The lowest BCUT2D eigenvalue weighted by atomic mass is 10.6. The van der Waals surface area contributed by atoms with Crippen molar-refractivity contribution in [1.29, 1.82) is 0 Å². The van der Waals surface area contributed by atoms with Crippen molar-refractivity contribution in [3.05, 3.63) is 11.8 Å². The molecule has 0 bridgehead atoms. The highest BCUT2D eigenvalue weighted by Crippen LogP contribution is 1.96. The Balaban J connectivity index is 2.15. The SMILES string of the molecule is CSCCNCc1nnc(C)o1. The van der Waals surface area contributed by atoms with Crippen LogP contribution in [0.2, 0.25) is 0 Å². The van der Waals surface area contributed by atoms with Crippen LogP contribution in [-0.4, -0.2) is 28.8 Å². The molecule has 0 aliphatic carbocycles. The predicted molar refractivity (Wildman–Crippen MR) is 49.1 cm³/mol. The molecule has 0 saturated heterocycles. The van der Waals surface area contributed by atoms with E-state index in [9.17, 15) is 0 Å². The summed E-state index contributed by atoms with van der Waals surface area (Å²) in [5, 5.41) is 10.8. The maximum Gasteiger partial charge on any atom is 0.230 e. The summed E-state index contributed by atoms with van der Waals surface area (Å²) >= 11 is 1.81. The molecule has 1 rings (SSSR count). The minimum absolute atomic E-state index is 0.622. The summed E-state index contributed by atoms with van der Waals surface area (Å²) in [6.07, 6.45) is 2.08. The van der Waals surface area contributed by atoms with Gasteiger partial charge < -0.3 is 9.73 Å². The zero-order valence-electron chi connectivity index (χ0n) is 7.33. The van der Waals surface area contributed by atoms with Gasteiger partial charge in [0.05, 0.1) is 6.54 Å². The molecule has 0 fully saturated rings. The molecule has 0 aromatic carbocycles. The number of nitrogens with zero attached hydrogens (tertiary/aromatic N) is 2. The molecule has 0 amide bonds. The second-order valence-corrected chi connectivity index (χ2v) is 3.37. The Morgan fingerprint density at radius 1 is 1.50 bits per heavy atom. The molecule has 0 atom stereocenters. The maximum absolute atomic E-state index is 5.17. The van der Waals surface area contributed by atoms with Gasteiger partial charge in [-0.3, -0.25) is 0 Å². The number of nitrogens with one attached hydrogen (secondary N) is 1. The van der Waals surface area contributed by atoms with Crippen LogP contribution in [0.25, 0.3) is 0 Å². The van der Waals surface area contributed by atoms with E-state index in [0.717, 1.165) is 12.3 Å². The standard InChI is InChI=1S/C7H13N3OS/c1-6-9-10-7(11-6)5-8-3-4-12-2/h8H,3-5H2,1-2H3. The summed E-state index contributed by atoms with van der Waals surface area (Å²) in [4.78, 5) is 0. The first-order chi connectivity index (χ1) is 5.83. The van der Waals surface area contributed by atoms with Crippen molar-refractivity contribution in [2.75, 3.05) is 18.6 Å². The zero-order chi connectivity index (χ0) is 8.81. The van der Waals surface area contributed by atoms with Crippen LogP contribution in [-0.2, 0) is 6.54 Å². The molecule has 0 spiro atoms. The largest absolute Gasteiger partial charge is 0.424 e. The maximum atomic E-state index is 5.17. The quantitative estimate of drug-likeness (QED) is 0.692. The fourth-order valence-electron chi connectivity index (χ4n) is 0.778. The van der Waals surface area contributed by atoms with Crippen molar-refractivity contribution < 1.29 is 4.42 Å². The molecule has 0 radical (unpaired) electrons. The molecule has 0 aliphatic rings. The number of hydrogen-bond acceptors (Lipinski definition) is 5. The topological polar surface area (TPSA) is 51.0 Å². The Morgan fingerprint density at radius 3 is 2.92 bits per heavy atom. The molecule has 0 saturated carbocycles. The molecule has 0 aliphatic heterocycles. The van der Waals surface area contributed by atoms with E-state index in [-0.39, 0.29) is 0 Å². The number of aromatic nitrogens is 2. The number of hydrogen-bond donors (Lipinski definition) is 1. The van der Waals surface area contributed by atoms with Gasteiger partial charge in [-0.15, -0.1) is 10.2 Å². The van der Waals surface area contributed by atoms with Gasteiger partial charge in [-0.05, 0) is 6.26 Å². The molecular formula is C7H13N3OS. The normalized spacial score (nSPS) is 10.5. The highest BCUT2D eigenvalue weighted by atomic mass is 32.2. The fraction of sp³-hybridized carbons (Fsp3) is 0.714. The number of rotatable bonds is 5. The summed E-state index contributed by atoms with van der Waals surface area (Å²) in [5.41, 5.74) is 0. The van der Waals surface area contributed by atoms with Crippen LogP contribution in [0.1, 0.15) is 11.8 Å². The van der Waals surface area contributed by atoms with E-state index in [1.165, 1.54) is 0 Å². The van der Waals surface area contributed by atoms with Crippen LogP contribution >= 0.6 is 11.8 Å². The molecule has 12 heavy (non-hydrogen) atoms. The third-order valence-electron chi connectivity index (χ3n) is 1.33. The van der Waals surface area contributed by atoms with Gasteiger partial charge >= 0.3 is 0 Å². The average Bonchev–Trinajstić information content (AvgIpc) is 2.45. The van der Waals surface area contributed by atoms with Gasteiger partial charge in [0.2, 0.25) is 11.8 Å². The molecular weight excluding hydrogens is 174 g/mol. The van der Waals surface area contributed by atoms with E-state index in [1.54, 1.807) is 6.92 Å². The molecule has 1 aromatic heterocycles. The Morgan fingerprint density at radius 2 is 2.33 bits per heavy atom. The van der Waals surface area contributed by atoms with Gasteiger partial charge in [0.25, 0.3) is 0 Å². The van der Waals surface area contributed by atoms with Gasteiger partial charge in [-0.1, -0.05) is 0 Å². The smallest absolute Gasteiger partial charge is 0.230 e. The molecule has 68 valence electrons.